The Bertz CT molecular complexity index is 601. The summed E-state index contributed by atoms with van der Waals surface area (Å²) < 4.78 is 0. The molecule has 1 amide bonds. The molecule has 1 fully saturated rings. The molecule has 0 spiro atoms. The molecule has 2 N–H and O–H groups in total. The topological polar surface area (TPSA) is 66.9 Å². The summed E-state index contributed by atoms with van der Waals surface area (Å²) in [7, 11) is 0. The van der Waals surface area contributed by atoms with Crippen LogP contribution < -0.4 is 10.6 Å². The van der Waals surface area contributed by atoms with Crippen molar-refractivity contribution >= 4 is 33.7 Å². The molecule has 0 unspecified atom stereocenters. The first-order valence-corrected chi connectivity index (χ1v) is 8.26. The number of anilines is 1. The number of rotatable bonds is 3. The second kappa shape index (κ2) is 5.99. The second-order valence-corrected chi connectivity index (χ2v) is 7.09. The van der Waals surface area contributed by atoms with Crippen molar-refractivity contribution in [1.29, 1.82) is 0 Å². The van der Waals surface area contributed by atoms with E-state index in [-0.39, 0.29) is 5.91 Å². The third-order valence-corrected chi connectivity index (χ3v) is 5.32. The number of nitrogens with zero attached hydrogens (tertiary/aromatic N) is 2. The molecule has 1 aliphatic rings. The normalized spacial score (nSPS) is 16.2. The number of carbonyl (C=O) groups is 1. The molecular weight excluding hydrogens is 292 g/mol. The van der Waals surface area contributed by atoms with Crippen LogP contribution in [-0.2, 0) is 0 Å². The molecule has 0 aromatic carbocycles. The van der Waals surface area contributed by atoms with Gasteiger partial charge in [-0.15, -0.1) is 22.7 Å². The molecule has 0 aliphatic carbocycles. The Balaban J connectivity index is 1.66. The summed E-state index contributed by atoms with van der Waals surface area (Å²) in [5.41, 5.74) is 0. The van der Waals surface area contributed by atoms with E-state index in [1.165, 1.54) is 16.2 Å². The fourth-order valence-electron chi connectivity index (χ4n) is 2.26. The van der Waals surface area contributed by atoms with Gasteiger partial charge in [-0.3, -0.25) is 10.1 Å². The highest BCUT2D eigenvalue weighted by atomic mass is 32.1. The fourth-order valence-corrected chi connectivity index (χ4v) is 3.92. The third kappa shape index (κ3) is 3.05. The van der Waals surface area contributed by atoms with Crippen molar-refractivity contribution < 1.29 is 4.79 Å². The van der Waals surface area contributed by atoms with Crippen molar-refractivity contribution in [3.05, 3.63) is 27.2 Å². The average molecular weight is 308 g/mol. The van der Waals surface area contributed by atoms with Crippen molar-refractivity contribution in [2.45, 2.75) is 25.7 Å². The molecule has 5 nitrogen and oxygen atoms in total. The zero-order chi connectivity index (χ0) is 13.9. The molecule has 0 bridgehead atoms. The molecule has 7 heteroatoms. The number of aryl methyl sites for hydroxylation is 1. The summed E-state index contributed by atoms with van der Waals surface area (Å²) in [6.45, 7) is 4.01. The number of aromatic nitrogens is 2. The molecule has 1 aliphatic heterocycles. The van der Waals surface area contributed by atoms with Gasteiger partial charge in [-0.2, -0.15) is 0 Å². The Morgan fingerprint density at radius 1 is 1.30 bits per heavy atom. The van der Waals surface area contributed by atoms with Crippen LogP contribution in [0.15, 0.2) is 12.4 Å². The quantitative estimate of drug-likeness (QED) is 0.915. The van der Waals surface area contributed by atoms with Gasteiger partial charge in [-0.25, -0.2) is 9.97 Å². The number of hydrogen-bond acceptors (Lipinski definition) is 6. The summed E-state index contributed by atoms with van der Waals surface area (Å²) in [5, 5.41) is 7.78. The SMILES string of the molecule is Cc1ncc(C(=O)Nc2ncc(C3CCNCC3)s2)s1. The largest absolute Gasteiger partial charge is 0.317 e. The Kier molecular flexibility index (Phi) is 4.09. The van der Waals surface area contributed by atoms with Crippen LogP contribution in [-0.4, -0.2) is 29.0 Å². The average Bonchev–Trinajstić information content (AvgIpc) is 3.09. The maximum atomic E-state index is 12.0. The van der Waals surface area contributed by atoms with Crippen molar-refractivity contribution in [2.75, 3.05) is 18.4 Å². The van der Waals surface area contributed by atoms with Crippen molar-refractivity contribution in [3.8, 4) is 0 Å². The van der Waals surface area contributed by atoms with Crippen LogP contribution in [0.4, 0.5) is 5.13 Å². The lowest BCUT2D eigenvalue weighted by atomic mass is 9.97. The molecule has 106 valence electrons. The molecule has 2 aromatic rings. The van der Waals surface area contributed by atoms with Gasteiger partial charge in [0, 0.05) is 11.1 Å². The molecule has 3 rings (SSSR count). The van der Waals surface area contributed by atoms with Gasteiger partial charge in [0.05, 0.1) is 11.2 Å². The van der Waals surface area contributed by atoms with E-state index >= 15 is 0 Å². The first-order chi connectivity index (χ1) is 9.72. The number of hydrogen-bond donors (Lipinski definition) is 2. The molecule has 20 heavy (non-hydrogen) atoms. The van der Waals surface area contributed by atoms with Gasteiger partial charge >= 0.3 is 0 Å². The van der Waals surface area contributed by atoms with E-state index in [4.69, 9.17) is 0 Å². The zero-order valence-electron chi connectivity index (χ0n) is 11.2. The van der Waals surface area contributed by atoms with E-state index in [9.17, 15) is 4.79 Å². The van der Waals surface area contributed by atoms with Crippen LogP contribution in [0.3, 0.4) is 0 Å². The molecule has 3 heterocycles. The van der Waals surface area contributed by atoms with E-state index in [0.29, 0.717) is 15.9 Å². The number of carbonyl (C=O) groups excluding carboxylic acids is 1. The van der Waals surface area contributed by atoms with Crippen molar-refractivity contribution in [3.63, 3.8) is 0 Å². The van der Waals surface area contributed by atoms with Gasteiger partial charge in [0.1, 0.15) is 4.88 Å². The predicted octanol–water partition coefficient (Wildman–Crippen LogP) is 2.63. The number of nitrogens with one attached hydrogen (secondary N) is 2. The summed E-state index contributed by atoms with van der Waals surface area (Å²) in [5.74, 6) is 0.451. The van der Waals surface area contributed by atoms with Crippen LogP contribution in [0.1, 0.15) is 38.3 Å². The van der Waals surface area contributed by atoms with Gasteiger partial charge in [0.25, 0.3) is 5.91 Å². The maximum absolute atomic E-state index is 12.0. The Labute approximate surface area is 125 Å². The number of piperidine rings is 1. The van der Waals surface area contributed by atoms with Crippen molar-refractivity contribution in [2.24, 2.45) is 0 Å². The van der Waals surface area contributed by atoms with Gasteiger partial charge in [-0.05, 0) is 38.8 Å². The van der Waals surface area contributed by atoms with Gasteiger partial charge in [-0.1, -0.05) is 0 Å². The minimum Gasteiger partial charge on any atom is -0.317 e. The fraction of sp³-hybridized carbons (Fsp3) is 0.462. The first kappa shape index (κ1) is 13.7. The van der Waals surface area contributed by atoms with E-state index in [1.807, 2.05) is 13.1 Å². The van der Waals surface area contributed by atoms with Gasteiger partial charge in [0.2, 0.25) is 0 Å². The standard InChI is InChI=1S/C13H16N4OS2/c1-8-15-7-11(19-8)12(18)17-13-16-6-10(20-13)9-2-4-14-5-3-9/h6-7,9,14H,2-5H2,1H3,(H,16,17,18). The highest BCUT2D eigenvalue weighted by Crippen LogP contribution is 2.31. The zero-order valence-corrected chi connectivity index (χ0v) is 12.8. The molecule has 0 atom stereocenters. The Hall–Kier alpha value is -1.31. The summed E-state index contributed by atoms with van der Waals surface area (Å²) in [4.78, 5) is 22.3. The number of amides is 1. The summed E-state index contributed by atoms with van der Waals surface area (Å²) >= 11 is 2.98. The van der Waals surface area contributed by atoms with E-state index < -0.39 is 0 Å². The summed E-state index contributed by atoms with van der Waals surface area (Å²) in [6, 6.07) is 0. The van der Waals surface area contributed by atoms with E-state index in [1.54, 1.807) is 17.5 Å². The Morgan fingerprint density at radius 3 is 2.80 bits per heavy atom. The monoisotopic (exact) mass is 308 g/mol. The summed E-state index contributed by atoms with van der Waals surface area (Å²) in [6.07, 6.45) is 5.79. The molecule has 2 aromatic heterocycles. The highest BCUT2D eigenvalue weighted by molar-refractivity contribution is 7.16. The maximum Gasteiger partial charge on any atom is 0.269 e. The minimum atomic E-state index is -0.123. The first-order valence-electron chi connectivity index (χ1n) is 6.62. The molecular formula is C13H16N4OS2. The van der Waals surface area contributed by atoms with Crippen molar-refractivity contribution in [1.82, 2.24) is 15.3 Å². The van der Waals surface area contributed by atoms with Crippen LogP contribution in [0.25, 0.3) is 0 Å². The third-order valence-electron chi connectivity index (χ3n) is 3.33. The molecule has 1 saturated heterocycles. The van der Waals surface area contributed by atoms with Crippen LogP contribution >= 0.6 is 22.7 Å². The predicted molar refractivity (Wildman–Crippen MR) is 81.8 cm³/mol. The number of thiazole rings is 2. The van der Waals surface area contributed by atoms with E-state index in [2.05, 4.69) is 20.6 Å². The second-order valence-electron chi connectivity index (χ2n) is 4.79. The smallest absolute Gasteiger partial charge is 0.269 e. The highest BCUT2D eigenvalue weighted by Gasteiger charge is 2.18. The van der Waals surface area contributed by atoms with Gasteiger partial charge in [0.15, 0.2) is 5.13 Å². The lowest BCUT2D eigenvalue weighted by Crippen LogP contribution is -2.26. The molecule has 0 radical (unpaired) electrons. The molecule has 0 saturated carbocycles. The lowest BCUT2D eigenvalue weighted by Gasteiger charge is -2.20. The lowest BCUT2D eigenvalue weighted by molar-refractivity contribution is 0.103. The van der Waals surface area contributed by atoms with E-state index in [0.717, 1.165) is 30.9 Å². The van der Waals surface area contributed by atoms with Crippen LogP contribution in [0.5, 0.6) is 0 Å². The van der Waals surface area contributed by atoms with Crippen LogP contribution in [0, 0.1) is 6.92 Å². The Morgan fingerprint density at radius 2 is 2.10 bits per heavy atom. The van der Waals surface area contributed by atoms with Crippen LogP contribution in [0.2, 0.25) is 0 Å². The van der Waals surface area contributed by atoms with Gasteiger partial charge < -0.3 is 5.32 Å². The minimum absolute atomic E-state index is 0.123.